The summed E-state index contributed by atoms with van der Waals surface area (Å²) < 4.78 is 125. The van der Waals surface area contributed by atoms with E-state index in [1.165, 1.54) is 12.1 Å². The number of carbonyl (C=O) groups excluding carboxylic acids is 1. The zero-order chi connectivity index (χ0) is 29.8. The summed E-state index contributed by atoms with van der Waals surface area (Å²) in [5.74, 6) is -3.34. The van der Waals surface area contributed by atoms with E-state index in [9.17, 15) is 49.4 Å². The molecule has 3 rings (SSSR count). The number of amides is 1. The molecule has 0 heterocycles. The normalized spacial score (nSPS) is 13.4. The van der Waals surface area contributed by atoms with Crippen LogP contribution in [-0.4, -0.2) is 42.6 Å². The predicted molar refractivity (Wildman–Crippen MR) is 122 cm³/mol. The van der Waals surface area contributed by atoms with Crippen LogP contribution >= 0.6 is 0 Å². The Balaban J connectivity index is 2.23. The summed E-state index contributed by atoms with van der Waals surface area (Å²) in [6.45, 7) is -0.793. The number of carbonyl (C=O) groups is 1. The molecule has 3 aromatic carbocycles. The van der Waals surface area contributed by atoms with Crippen molar-refractivity contribution in [3.63, 3.8) is 0 Å². The third-order valence-electron chi connectivity index (χ3n) is 5.71. The summed E-state index contributed by atoms with van der Waals surface area (Å²) in [6, 6.07) is 16.4. The van der Waals surface area contributed by atoms with Crippen LogP contribution in [0.4, 0.5) is 39.5 Å². The smallest absolute Gasteiger partial charge is 0.406 e. The maximum absolute atomic E-state index is 13.0. The molecule has 0 fully saturated rings. The van der Waals surface area contributed by atoms with Gasteiger partial charge in [-0.25, -0.2) is 0 Å². The van der Waals surface area contributed by atoms with E-state index in [-0.39, 0.29) is 17.5 Å². The highest BCUT2D eigenvalue weighted by molar-refractivity contribution is 5.81. The molecule has 0 saturated heterocycles. The van der Waals surface area contributed by atoms with Gasteiger partial charge in [-0.2, -0.15) is 13.2 Å². The van der Waals surface area contributed by atoms with Crippen LogP contribution in [-0.2, 0) is 16.6 Å². The summed E-state index contributed by atoms with van der Waals surface area (Å²) in [5, 5.41) is 11.3. The summed E-state index contributed by atoms with van der Waals surface area (Å²) in [7, 11) is 0. The van der Waals surface area contributed by atoms with Crippen molar-refractivity contribution in [2.24, 2.45) is 0 Å². The van der Waals surface area contributed by atoms with Crippen LogP contribution in [0.2, 0.25) is 0 Å². The van der Waals surface area contributed by atoms with Gasteiger partial charge in [0.15, 0.2) is 0 Å². The largest absolute Gasteiger partial charge is 0.573 e. The monoisotopic (exact) mass is 581 g/mol. The lowest BCUT2D eigenvalue weighted by atomic mass is 9.70. The van der Waals surface area contributed by atoms with E-state index >= 15 is 0 Å². The molecule has 0 bridgehead atoms. The number of rotatable bonds is 9. The first-order valence-electron chi connectivity index (χ1n) is 11.3. The van der Waals surface area contributed by atoms with Crippen LogP contribution in [0.25, 0.3) is 0 Å². The molecule has 3 aromatic rings. The number of hydrogen-bond acceptors (Lipinski definition) is 4. The fraction of sp³-hybridized carbons (Fsp3) is 0.269. The molecule has 1 atom stereocenters. The lowest BCUT2D eigenvalue weighted by Crippen LogP contribution is -2.49. The number of aliphatic hydroxyl groups is 1. The van der Waals surface area contributed by atoms with Gasteiger partial charge in [-0.1, -0.05) is 54.6 Å². The minimum Gasteiger partial charge on any atom is -0.406 e. The van der Waals surface area contributed by atoms with Crippen LogP contribution in [0.15, 0.2) is 78.9 Å². The van der Waals surface area contributed by atoms with E-state index in [0.29, 0.717) is 5.56 Å². The summed E-state index contributed by atoms with van der Waals surface area (Å²) in [6.07, 6.45) is -19.3. The van der Waals surface area contributed by atoms with E-state index in [1.54, 1.807) is 30.3 Å². The predicted octanol–water partition coefficient (Wildman–Crippen LogP) is 6.05. The second-order valence-corrected chi connectivity index (χ2v) is 8.56. The van der Waals surface area contributed by atoms with E-state index in [2.05, 4.69) is 9.47 Å². The Bertz CT molecular complexity index is 1230. The van der Waals surface area contributed by atoms with Crippen molar-refractivity contribution in [2.45, 2.75) is 36.8 Å². The number of aliphatic hydroxyl groups excluding tert-OH is 1. The zero-order valence-corrected chi connectivity index (χ0v) is 20.1. The summed E-state index contributed by atoms with van der Waals surface area (Å²) in [4.78, 5) is 12.2. The summed E-state index contributed by atoms with van der Waals surface area (Å²) >= 11 is 0. The highest BCUT2D eigenvalue weighted by Gasteiger charge is 2.45. The highest BCUT2D eigenvalue weighted by atomic mass is 19.4. The quantitative estimate of drug-likeness (QED) is 0.302. The van der Waals surface area contributed by atoms with Crippen molar-refractivity contribution in [1.29, 1.82) is 0 Å². The van der Waals surface area contributed by atoms with E-state index in [1.807, 2.05) is 5.32 Å². The standard InChI is InChI=1S/C26H20F9NO4/c27-24(28,29)21(37)22(38)36-15-23(14-16-6-2-1-3-7-16,17-8-4-10-19(12-17)39-25(30,31)32)18-9-5-11-20(13-18)40-26(33,34)35/h1-13,21,37H,14-15H2,(H,36,38). The van der Waals surface area contributed by atoms with Crippen molar-refractivity contribution in [3.05, 3.63) is 95.6 Å². The van der Waals surface area contributed by atoms with E-state index < -0.39 is 54.4 Å². The topological polar surface area (TPSA) is 67.8 Å². The Morgan fingerprint density at radius 1 is 0.725 bits per heavy atom. The number of benzene rings is 3. The fourth-order valence-corrected chi connectivity index (χ4v) is 4.05. The molecule has 14 heteroatoms. The van der Waals surface area contributed by atoms with Gasteiger partial charge in [0.05, 0.1) is 0 Å². The molecule has 0 aromatic heterocycles. The molecule has 216 valence electrons. The van der Waals surface area contributed by atoms with Crippen molar-refractivity contribution in [2.75, 3.05) is 6.54 Å². The fourth-order valence-electron chi connectivity index (χ4n) is 4.05. The number of alkyl halides is 9. The molecule has 5 nitrogen and oxygen atoms in total. The van der Waals surface area contributed by atoms with Crippen molar-refractivity contribution < 1.29 is 58.9 Å². The third kappa shape index (κ3) is 8.28. The minimum atomic E-state index is -5.34. The van der Waals surface area contributed by atoms with Gasteiger partial charge < -0.3 is 19.9 Å². The van der Waals surface area contributed by atoms with Gasteiger partial charge in [0.1, 0.15) is 11.5 Å². The van der Waals surface area contributed by atoms with Gasteiger partial charge in [0, 0.05) is 12.0 Å². The maximum Gasteiger partial charge on any atom is 0.573 e. The van der Waals surface area contributed by atoms with Gasteiger partial charge in [0.2, 0.25) is 6.10 Å². The summed E-state index contributed by atoms with van der Waals surface area (Å²) in [5.41, 5.74) is -1.47. The number of nitrogens with one attached hydrogen (secondary N) is 1. The van der Waals surface area contributed by atoms with E-state index in [4.69, 9.17) is 0 Å². The first kappa shape index (κ1) is 30.6. The number of hydrogen-bond donors (Lipinski definition) is 2. The van der Waals surface area contributed by atoms with Gasteiger partial charge in [-0.05, 0) is 47.4 Å². The Kier molecular flexibility index (Phi) is 8.92. The maximum atomic E-state index is 13.0. The third-order valence-corrected chi connectivity index (χ3v) is 5.71. The molecule has 1 amide bonds. The average molecular weight is 581 g/mol. The van der Waals surface area contributed by atoms with Crippen molar-refractivity contribution >= 4 is 5.91 Å². The molecule has 0 aliphatic carbocycles. The molecular formula is C26H20F9NO4. The van der Waals surface area contributed by atoms with Crippen LogP contribution in [0, 0.1) is 0 Å². The number of halogens is 9. The zero-order valence-electron chi connectivity index (χ0n) is 20.1. The Labute approximate surface area is 221 Å². The number of ether oxygens (including phenoxy) is 2. The highest BCUT2D eigenvalue weighted by Crippen LogP contribution is 2.40. The molecule has 0 spiro atoms. The lowest BCUT2D eigenvalue weighted by molar-refractivity contribution is -0.275. The van der Waals surface area contributed by atoms with Crippen molar-refractivity contribution in [1.82, 2.24) is 5.32 Å². The molecule has 0 aliphatic heterocycles. The Hall–Kier alpha value is -3.94. The molecule has 0 saturated carbocycles. The lowest BCUT2D eigenvalue weighted by Gasteiger charge is -2.36. The van der Waals surface area contributed by atoms with E-state index in [0.717, 1.165) is 36.4 Å². The molecule has 2 N–H and O–H groups in total. The first-order valence-corrected chi connectivity index (χ1v) is 11.3. The minimum absolute atomic E-state index is 0.0657. The van der Waals surface area contributed by atoms with Crippen LogP contribution in [0.5, 0.6) is 11.5 Å². The Morgan fingerprint density at radius 2 is 1.20 bits per heavy atom. The second-order valence-electron chi connectivity index (χ2n) is 8.56. The molecule has 40 heavy (non-hydrogen) atoms. The van der Waals surface area contributed by atoms with Crippen LogP contribution in [0.1, 0.15) is 16.7 Å². The molecule has 0 radical (unpaired) electrons. The first-order chi connectivity index (χ1) is 18.5. The molecule has 0 aliphatic rings. The van der Waals surface area contributed by atoms with Gasteiger partial charge in [-0.15, -0.1) is 26.3 Å². The second kappa shape index (κ2) is 11.7. The molecular weight excluding hydrogens is 561 g/mol. The van der Waals surface area contributed by atoms with Gasteiger partial charge in [-0.3, -0.25) is 4.79 Å². The van der Waals surface area contributed by atoms with Crippen molar-refractivity contribution in [3.8, 4) is 11.5 Å². The van der Waals surface area contributed by atoms with Crippen LogP contribution < -0.4 is 14.8 Å². The van der Waals surface area contributed by atoms with Gasteiger partial charge in [0.25, 0.3) is 5.91 Å². The molecule has 1 unspecified atom stereocenters. The average Bonchev–Trinajstić information content (AvgIpc) is 2.84. The van der Waals surface area contributed by atoms with Crippen LogP contribution in [0.3, 0.4) is 0 Å². The Morgan fingerprint density at radius 3 is 1.62 bits per heavy atom. The van der Waals surface area contributed by atoms with Gasteiger partial charge >= 0.3 is 18.9 Å². The SMILES string of the molecule is O=C(NCC(Cc1ccccc1)(c1cccc(OC(F)(F)F)c1)c1cccc(OC(F)(F)F)c1)C(O)C(F)(F)F.